The van der Waals surface area contributed by atoms with Gasteiger partial charge in [0.1, 0.15) is 5.82 Å². The van der Waals surface area contributed by atoms with E-state index in [4.69, 9.17) is 18.9 Å². The van der Waals surface area contributed by atoms with Crippen molar-refractivity contribution in [1.29, 1.82) is 0 Å². The first-order valence-electron chi connectivity index (χ1n) is 17.2. The van der Waals surface area contributed by atoms with Gasteiger partial charge in [-0.2, -0.15) is 26.3 Å². The molecule has 0 aromatic heterocycles. The average molecular weight is 787 g/mol. The molecule has 14 heteroatoms. The normalized spacial score (nSPS) is 11.2. The van der Waals surface area contributed by atoms with Crippen molar-refractivity contribution in [2.45, 2.75) is 31.6 Å². The summed E-state index contributed by atoms with van der Waals surface area (Å²) in [6, 6.07) is 26.2. The van der Waals surface area contributed by atoms with Crippen LogP contribution in [-0.4, -0.2) is 47.4 Å². The van der Waals surface area contributed by atoms with Crippen LogP contribution in [0.5, 0.6) is 23.0 Å². The Hall–Kier alpha value is -5.92. The number of methoxy groups -OCH3 is 4. The van der Waals surface area contributed by atoms with E-state index in [1.54, 1.807) is 38.5 Å². The number of carbonyl (C=O) groups is 1. The van der Waals surface area contributed by atoms with Crippen LogP contribution in [-0.2, 0) is 36.4 Å². The average Bonchev–Trinajstić information content (AvgIpc) is 3.18. The van der Waals surface area contributed by atoms with Crippen LogP contribution in [0.25, 0.3) is 0 Å². The van der Waals surface area contributed by atoms with Crippen LogP contribution in [0.3, 0.4) is 0 Å². The maximum absolute atomic E-state index is 13.2. The summed E-state index contributed by atoms with van der Waals surface area (Å²) in [4.78, 5) is 14.7. The van der Waals surface area contributed by atoms with E-state index in [0.717, 1.165) is 35.5 Å². The fourth-order valence-electron chi connectivity index (χ4n) is 5.52. The van der Waals surface area contributed by atoms with Crippen molar-refractivity contribution in [2.75, 3.05) is 51.7 Å². The van der Waals surface area contributed by atoms with Gasteiger partial charge in [0.2, 0.25) is 5.91 Å². The Bertz CT molecular complexity index is 2000. The maximum Gasteiger partial charge on any atom is 0.416 e. The molecule has 0 aliphatic rings. The van der Waals surface area contributed by atoms with E-state index in [-0.39, 0.29) is 18.9 Å². The van der Waals surface area contributed by atoms with Crippen LogP contribution in [0, 0.1) is 5.82 Å². The Morgan fingerprint density at radius 1 is 0.571 bits per heavy atom. The molecule has 0 fully saturated rings. The van der Waals surface area contributed by atoms with E-state index >= 15 is 0 Å². The largest absolute Gasteiger partial charge is 0.493 e. The van der Waals surface area contributed by atoms with Crippen LogP contribution in [0.2, 0.25) is 0 Å². The molecular weight excluding hydrogens is 745 g/mol. The third-order valence-electron chi connectivity index (χ3n) is 8.56. The van der Waals surface area contributed by atoms with Gasteiger partial charge in [-0.05, 0) is 90.2 Å². The molecule has 56 heavy (non-hydrogen) atoms. The second kappa shape index (κ2) is 19.6. The molecule has 0 aliphatic carbocycles. The summed E-state index contributed by atoms with van der Waals surface area (Å²) in [7, 11) is 6.10. The highest BCUT2D eigenvalue weighted by Gasteiger charge is 2.30. The number of halogens is 7. The number of amides is 1. The number of anilines is 2. The van der Waals surface area contributed by atoms with Crippen molar-refractivity contribution in [2.24, 2.45) is 0 Å². The lowest BCUT2D eigenvalue weighted by Gasteiger charge is -2.24. The van der Waals surface area contributed by atoms with Crippen LogP contribution in [0.15, 0.2) is 109 Å². The molecule has 0 aliphatic heterocycles. The molecule has 5 aromatic carbocycles. The van der Waals surface area contributed by atoms with E-state index in [2.05, 4.69) is 5.32 Å². The van der Waals surface area contributed by atoms with E-state index < -0.39 is 29.3 Å². The van der Waals surface area contributed by atoms with Crippen LogP contribution in [0.1, 0.15) is 27.8 Å². The topological polar surface area (TPSA) is 69.3 Å². The van der Waals surface area contributed by atoms with Gasteiger partial charge in [0.25, 0.3) is 0 Å². The third kappa shape index (κ3) is 12.3. The Balaban J connectivity index is 0.000000265. The summed E-state index contributed by atoms with van der Waals surface area (Å²) < 4.78 is 110. The molecule has 0 radical (unpaired) electrons. The smallest absolute Gasteiger partial charge is 0.416 e. The van der Waals surface area contributed by atoms with Crippen LogP contribution in [0.4, 0.5) is 42.1 Å². The monoisotopic (exact) mass is 786 g/mol. The summed E-state index contributed by atoms with van der Waals surface area (Å²) in [6.07, 6.45) is -7.72. The molecule has 1 amide bonds. The molecule has 7 nitrogen and oxygen atoms in total. The molecule has 0 unspecified atom stereocenters. The number of nitrogens with one attached hydrogen (secondary N) is 1. The van der Waals surface area contributed by atoms with E-state index in [0.29, 0.717) is 59.2 Å². The molecule has 5 rings (SSSR count). The molecule has 0 saturated carbocycles. The van der Waals surface area contributed by atoms with Crippen LogP contribution >= 0.6 is 0 Å². The van der Waals surface area contributed by atoms with Crippen molar-refractivity contribution < 1.29 is 54.5 Å². The molecule has 1 N–H and O–H groups in total. The fraction of sp³-hybridized carbons (Fsp3) is 0.262. The standard InChI is InChI=1S/C25H23F4NO3.C17H18F3NO2/c1-32-22-12-11-21(16-23(22)33-2)30(24(31)15-18-5-9-20(26)10-6-18)14-13-17-3-7-19(8-4-17)25(27,28)29;1-22-15-8-7-14(11-16(15)23-2)21-10-9-12-3-5-13(6-4-12)17(18,19)20/h3-12,16H,13-15H2,1-2H3;3-8,11,21H,9-10H2,1-2H3. The van der Waals surface area contributed by atoms with Gasteiger partial charge < -0.3 is 29.2 Å². The number of carbonyl (C=O) groups excluding carboxylic acids is 1. The summed E-state index contributed by atoms with van der Waals surface area (Å²) in [5.74, 6) is 1.54. The Labute approximate surface area is 320 Å². The number of rotatable bonds is 14. The SMILES string of the molecule is COc1ccc(N(CCc2ccc(C(F)(F)F)cc2)C(=O)Cc2ccc(F)cc2)cc1OC.COc1ccc(NCCc2ccc(C(F)(F)F)cc2)cc1OC. The summed E-state index contributed by atoms with van der Waals surface area (Å²) in [6.45, 7) is 0.821. The van der Waals surface area contributed by atoms with E-state index in [1.165, 1.54) is 67.7 Å². The molecule has 0 heterocycles. The fourth-order valence-corrected chi connectivity index (χ4v) is 5.52. The summed E-state index contributed by atoms with van der Waals surface area (Å²) in [5.41, 5.74) is 2.18. The van der Waals surface area contributed by atoms with Gasteiger partial charge in [-0.15, -0.1) is 0 Å². The van der Waals surface area contributed by atoms with Gasteiger partial charge in [0, 0.05) is 36.6 Å². The second-order valence-corrected chi connectivity index (χ2v) is 12.3. The van der Waals surface area contributed by atoms with Crippen molar-refractivity contribution in [3.8, 4) is 23.0 Å². The lowest BCUT2D eigenvalue weighted by atomic mass is 10.1. The van der Waals surface area contributed by atoms with E-state index in [1.807, 2.05) is 12.1 Å². The Kier molecular flexibility index (Phi) is 15.0. The molecule has 298 valence electrons. The number of nitrogens with zero attached hydrogens (tertiary/aromatic N) is 1. The number of hydrogen-bond acceptors (Lipinski definition) is 6. The van der Waals surface area contributed by atoms with Crippen molar-refractivity contribution in [3.05, 3.63) is 143 Å². The lowest BCUT2D eigenvalue weighted by molar-refractivity contribution is -0.138. The van der Waals surface area contributed by atoms with Crippen molar-refractivity contribution >= 4 is 17.3 Å². The first-order chi connectivity index (χ1) is 26.6. The minimum absolute atomic E-state index is 0.0294. The van der Waals surface area contributed by atoms with Gasteiger partial charge in [0.15, 0.2) is 23.0 Å². The van der Waals surface area contributed by atoms with Crippen molar-refractivity contribution in [1.82, 2.24) is 0 Å². The molecule has 5 aromatic rings. The highest BCUT2D eigenvalue weighted by atomic mass is 19.4. The highest BCUT2D eigenvalue weighted by Crippen LogP contribution is 2.33. The Morgan fingerprint density at radius 3 is 1.54 bits per heavy atom. The molecule has 0 bridgehead atoms. The first kappa shape index (κ1) is 42.8. The van der Waals surface area contributed by atoms with Gasteiger partial charge in [-0.3, -0.25) is 4.79 Å². The molecule has 0 saturated heterocycles. The zero-order valence-corrected chi connectivity index (χ0v) is 31.1. The Morgan fingerprint density at radius 2 is 1.04 bits per heavy atom. The first-order valence-corrected chi connectivity index (χ1v) is 17.2. The molecular formula is C42H41F7N2O5. The highest BCUT2D eigenvalue weighted by molar-refractivity contribution is 5.95. The lowest BCUT2D eigenvalue weighted by Crippen LogP contribution is -2.34. The maximum atomic E-state index is 13.2. The minimum atomic E-state index is -4.41. The number of ether oxygens (including phenoxy) is 4. The minimum Gasteiger partial charge on any atom is -0.493 e. The van der Waals surface area contributed by atoms with Crippen molar-refractivity contribution in [3.63, 3.8) is 0 Å². The van der Waals surface area contributed by atoms with Crippen LogP contribution < -0.4 is 29.2 Å². The predicted octanol–water partition coefficient (Wildman–Crippen LogP) is 10.1. The second-order valence-electron chi connectivity index (χ2n) is 12.3. The molecule has 0 atom stereocenters. The van der Waals surface area contributed by atoms with Gasteiger partial charge in [0.05, 0.1) is 46.0 Å². The zero-order valence-electron chi connectivity index (χ0n) is 31.1. The van der Waals surface area contributed by atoms with E-state index in [9.17, 15) is 35.5 Å². The summed E-state index contributed by atoms with van der Waals surface area (Å²) >= 11 is 0. The number of alkyl halides is 6. The van der Waals surface area contributed by atoms with Gasteiger partial charge in [-0.1, -0.05) is 36.4 Å². The number of benzene rings is 5. The number of hydrogen-bond donors (Lipinski definition) is 1. The van der Waals surface area contributed by atoms with Gasteiger partial charge in [-0.25, -0.2) is 4.39 Å². The third-order valence-corrected chi connectivity index (χ3v) is 8.56. The zero-order chi connectivity index (χ0) is 40.9. The molecule has 0 spiro atoms. The summed E-state index contributed by atoms with van der Waals surface area (Å²) in [5, 5.41) is 3.21. The van der Waals surface area contributed by atoms with Gasteiger partial charge >= 0.3 is 12.4 Å². The quantitative estimate of drug-likeness (QED) is 0.113. The predicted molar refractivity (Wildman–Crippen MR) is 200 cm³/mol.